The van der Waals surface area contributed by atoms with Gasteiger partial charge in [-0.3, -0.25) is 4.79 Å². The summed E-state index contributed by atoms with van der Waals surface area (Å²) in [4.78, 5) is 25.1. The molecular formula is C15H27N3O2. The van der Waals surface area contributed by atoms with E-state index >= 15 is 0 Å². The van der Waals surface area contributed by atoms with E-state index in [9.17, 15) is 9.59 Å². The first-order valence-electron chi connectivity index (χ1n) is 7.89. The predicted molar refractivity (Wildman–Crippen MR) is 78.4 cm³/mol. The number of hydrogen-bond donors (Lipinski definition) is 2. The van der Waals surface area contributed by atoms with Crippen LogP contribution in [-0.4, -0.2) is 42.0 Å². The Morgan fingerprint density at radius 1 is 1.00 bits per heavy atom. The lowest BCUT2D eigenvalue weighted by atomic mass is 9.86. The van der Waals surface area contributed by atoms with Gasteiger partial charge < -0.3 is 15.5 Å². The van der Waals surface area contributed by atoms with Gasteiger partial charge in [-0.25, -0.2) is 4.79 Å². The fourth-order valence-corrected chi connectivity index (χ4v) is 3.26. The number of nitrogens with one attached hydrogen (secondary N) is 2. The lowest BCUT2D eigenvalue weighted by Gasteiger charge is -2.33. The van der Waals surface area contributed by atoms with Crippen LogP contribution in [-0.2, 0) is 4.79 Å². The van der Waals surface area contributed by atoms with E-state index in [2.05, 4.69) is 17.6 Å². The van der Waals surface area contributed by atoms with Crippen molar-refractivity contribution < 1.29 is 9.59 Å². The SMILES string of the molecule is CC(=O)N1CCC(NC(=O)NC2CCCCC2C)CC1. The van der Waals surface area contributed by atoms with E-state index in [-0.39, 0.29) is 18.0 Å². The molecular weight excluding hydrogens is 254 g/mol. The van der Waals surface area contributed by atoms with Crippen molar-refractivity contribution in [2.24, 2.45) is 5.92 Å². The molecule has 0 spiro atoms. The van der Waals surface area contributed by atoms with Crippen molar-refractivity contribution in [1.29, 1.82) is 0 Å². The molecule has 114 valence electrons. The zero-order chi connectivity index (χ0) is 14.5. The van der Waals surface area contributed by atoms with Crippen molar-refractivity contribution in [3.63, 3.8) is 0 Å². The van der Waals surface area contributed by atoms with Crippen LogP contribution >= 0.6 is 0 Å². The van der Waals surface area contributed by atoms with E-state index in [4.69, 9.17) is 0 Å². The third-order valence-corrected chi connectivity index (χ3v) is 4.70. The molecule has 3 amide bonds. The van der Waals surface area contributed by atoms with Gasteiger partial charge in [0.25, 0.3) is 0 Å². The van der Waals surface area contributed by atoms with Crippen molar-refractivity contribution in [3.05, 3.63) is 0 Å². The number of urea groups is 1. The molecule has 0 bridgehead atoms. The Morgan fingerprint density at radius 3 is 2.25 bits per heavy atom. The third-order valence-electron chi connectivity index (χ3n) is 4.70. The fraction of sp³-hybridized carbons (Fsp3) is 0.867. The minimum absolute atomic E-state index is 0.0370. The molecule has 0 aromatic heterocycles. The Kier molecular flexibility index (Phi) is 5.26. The molecule has 1 aliphatic heterocycles. The van der Waals surface area contributed by atoms with Gasteiger partial charge in [0.05, 0.1) is 0 Å². The molecule has 5 nitrogen and oxygen atoms in total. The number of carbonyl (C=O) groups is 2. The average Bonchev–Trinajstić information content (AvgIpc) is 2.42. The minimum atomic E-state index is -0.0370. The van der Waals surface area contributed by atoms with Gasteiger partial charge in [0.1, 0.15) is 0 Å². The summed E-state index contributed by atoms with van der Waals surface area (Å²) >= 11 is 0. The highest BCUT2D eigenvalue weighted by Crippen LogP contribution is 2.23. The molecule has 0 aromatic carbocycles. The van der Waals surface area contributed by atoms with Crippen LogP contribution in [0.3, 0.4) is 0 Å². The lowest BCUT2D eigenvalue weighted by Crippen LogP contribution is -2.52. The number of likely N-dealkylation sites (tertiary alicyclic amines) is 1. The second-order valence-electron chi connectivity index (χ2n) is 6.27. The first-order chi connectivity index (χ1) is 9.56. The summed E-state index contributed by atoms with van der Waals surface area (Å²) in [6.07, 6.45) is 6.51. The van der Waals surface area contributed by atoms with Crippen LogP contribution < -0.4 is 10.6 Å². The summed E-state index contributed by atoms with van der Waals surface area (Å²) < 4.78 is 0. The molecule has 1 saturated heterocycles. The van der Waals surface area contributed by atoms with Crippen molar-refractivity contribution >= 4 is 11.9 Å². The second-order valence-corrected chi connectivity index (χ2v) is 6.27. The first kappa shape index (κ1) is 15.1. The van der Waals surface area contributed by atoms with Crippen molar-refractivity contribution in [3.8, 4) is 0 Å². The molecule has 0 radical (unpaired) electrons. The highest BCUT2D eigenvalue weighted by atomic mass is 16.2. The van der Waals surface area contributed by atoms with Crippen molar-refractivity contribution in [1.82, 2.24) is 15.5 Å². The van der Waals surface area contributed by atoms with Gasteiger partial charge >= 0.3 is 6.03 Å². The molecule has 5 heteroatoms. The third kappa shape index (κ3) is 4.12. The smallest absolute Gasteiger partial charge is 0.315 e. The Balaban J connectivity index is 1.71. The Labute approximate surface area is 121 Å². The van der Waals surface area contributed by atoms with Crippen molar-refractivity contribution in [2.75, 3.05) is 13.1 Å². The maximum atomic E-state index is 12.0. The van der Waals surface area contributed by atoms with E-state index in [1.165, 1.54) is 19.3 Å². The highest BCUT2D eigenvalue weighted by molar-refractivity contribution is 5.75. The van der Waals surface area contributed by atoms with E-state index < -0.39 is 0 Å². The molecule has 1 aliphatic carbocycles. The monoisotopic (exact) mass is 281 g/mol. The Bertz CT molecular complexity index is 351. The number of nitrogens with zero attached hydrogens (tertiary/aromatic N) is 1. The summed E-state index contributed by atoms with van der Waals surface area (Å²) in [6, 6.07) is 0.482. The van der Waals surface area contributed by atoms with Crippen LogP contribution in [0.2, 0.25) is 0 Å². The summed E-state index contributed by atoms with van der Waals surface area (Å²) in [6.45, 7) is 5.32. The average molecular weight is 281 g/mol. The molecule has 1 heterocycles. The predicted octanol–water partition coefficient (Wildman–Crippen LogP) is 1.88. The van der Waals surface area contributed by atoms with Crippen LogP contribution in [0.25, 0.3) is 0 Å². The van der Waals surface area contributed by atoms with Crippen LogP contribution in [0.15, 0.2) is 0 Å². The van der Waals surface area contributed by atoms with Gasteiger partial charge in [0.15, 0.2) is 0 Å². The van der Waals surface area contributed by atoms with Gasteiger partial charge in [-0.15, -0.1) is 0 Å². The number of hydrogen-bond acceptors (Lipinski definition) is 2. The maximum Gasteiger partial charge on any atom is 0.315 e. The molecule has 2 atom stereocenters. The summed E-state index contributed by atoms with van der Waals surface area (Å²) in [7, 11) is 0. The number of rotatable bonds is 2. The van der Waals surface area contributed by atoms with Gasteiger partial charge in [0.2, 0.25) is 5.91 Å². The molecule has 2 N–H and O–H groups in total. The summed E-state index contributed by atoms with van der Waals surface area (Å²) in [5.41, 5.74) is 0. The van der Waals surface area contributed by atoms with Crippen molar-refractivity contribution in [2.45, 2.75) is 64.5 Å². The Morgan fingerprint density at radius 2 is 1.65 bits per heavy atom. The highest BCUT2D eigenvalue weighted by Gasteiger charge is 2.25. The van der Waals surface area contributed by atoms with Crippen LogP contribution in [0, 0.1) is 5.92 Å². The number of piperidine rings is 1. The van der Waals surface area contributed by atoms with E-state index in [1.807, 2.05) is 4.90 Å². The summed E-state index contributed by atoms with van der Waals surface area (Å²) in [5.74, 6) is 0.706. The van der Waals surface area contributed by atoms with Gasteiger partial charge in [-0.1, -0.05) is 19.8 Å². The minimum Gasteiger partial charge on any atom is -0.343 e. The molecule has 2 unspecified atom stereocenters. The van der Waals surface area contributed by atoms with Crippen LogP contribution in [0.4, 0.5) is 4.79 Å². The molecule has 2 fully saturated rings. The first-order valence-corrected chi connectivity index (χ1v) is 7.89. The lowest BCUT2D eigenvalue weighted by molar-refractivity contribution is -0.129. The second kappa shape index (κ2) is 6.95. The van der Waals surface area contributed by atoms with Crippen LogP contribution in [0.5, 0.6) is 0 Å². The van der Waals surface area contributed by atoms with E-state index in [1.54, 1.807) is 6.92 Å². The molecule has 2 rings (SSSR count). The number of carbonyl (C=O) groups excluding carboxylic acids is 2. The molecule has 0 aromatic rings. The zero-order valence-electron chi connectivity index (χ0n) is 12.7. The molecule has 20 heavy (non-hydrogen) atoms. The zero-order valence-corrected chi connectivity index (χ0v) is 12.7. The number of amides is 3. The topological polar surface area (TPSA) is 61.4 Å². The standard InChI is InChI=1S/C15H27N3O2/c1-11-5-3-4-6-14(11)17-15(20)16-13-7-9-18(10-8-13)12(2)19/h11,13-14H,3-10H2,1-2H3,(H2,16,17,20). The maximum absolute atomic E-state index is 12.0. The molecule has 2 aliphatic rings. The van der Waals surface area contributed by atoms with Crippen LogP contribution in [0.1, 0.15) is 52.4 Å². The fourth-order valence-electron chi connectivity index (χ4n) is 3.26. The van der Waals surface area contributed by atoms with Gasteiger partial charge in [0, 0.05) is 32.1 Å². The van der Waals surface area contributed by atoms with E-state index in [0.29, 0.717) is 12.0 Å². The molecule has 1 saturated carbocycles. The largest absolute Gasteiger partial charge is 0.343 e. The quantitative estimate of drug-likeness (QED) is 0.812. The normalized spacial score (nSPS) is 28.0. The summed E-state index contributed by atoms with van der Waals surface area (Å²) in [5, 5.41) is 6.18. The van der Waals surface area contributed by atoms with Gasteiger partial charge in [-0.2, -0.15) is 0 Å². The van der Waals surface area contributed by atoms with Gasteiger partial charge in [-0.05, 0) is 31.6 Å². The Hall–Kier alpha value is -1.26. The van der Waals surface area contributed by atoms with E-state index in [0.717, 1.165) is 32.4 Å².